The molecule has 0 unspecified atom stereocenters. The van der Waals surface area contributed by atoms with Crippen LogP contribution in [-0.2, 0) is 0 Å². The number of pyridine rings is 1. The Morgan fingerprint density at radius 2 is 1.92 bits per heavy atom. The molecule has 0 saturated heterocycles. The normalized spacial score (nSPS) is 10.5. The molecule has 1 aromatic carbocycles. The number of aromatic nitrogens is 1. The van der Waals surface area contributed by atoms with Gasteiger partial charge < -0.3 is 0 Å². The van der Waals surface area contributed by atoms with Crippen molar-refractivity contribution in [1.82, 2.24) is 4.98 Å². The molecule has 0 radical (unpaired) electrons. The maximum Gasteiger partial charge on any atom is 0.0717 e. The molecule has 2 rings (SSSR count). The van der Waals surface area contributed by atoms with Gasteiger partial charge in [-0.25, -0.2) is 0 Å². The summed E-state index contributed by atoms with van der Waals surface area (Å²) in [4.78, 5) is 4.14. The van der Waals surface area contributed by atoms with Crippen molar-refractivity contribution < 1.29 is 0 Å². The molecule has 2 aromatic rings. The minimum absolute atomic E-state index is 0.567. The van der Waals surface area contributed by atoms with Gasteiger partial charge in [-0.15, -0.1) is 0 Å². The van der Waals surface area contributed by atoms with E-state index in [9.17, 15) is 0 Å². The molecule has 0 bridgehead atoms. The molecule has 0 aliphatic heterocycles. The molecular weight excluding hydrogens is 193 g/mol. The molecule has 0 N–H and O–H groups in total. The average Bonchev–Trinajstić information content (AvgIpc) is 2.12. The van der Waals surface area contributed by atoms with E-state index in [0.29, 0.717) is 10.0 Å². The third-order valence-electron chi connectivity index (χ3n) is 1.67. The van der Waals surface area contributed by atoms with Gasteiger partial charge in [0.1, 0.15) is 0 Å². The molecule has 0 saturated carbocycles. The SMILES string of the molecule is Clc1ccc2ncccc2c1Cl. The maximum atomic E-state index is 5.95. The Kier molecular flexibility index (Phi) is 1.91. The molecule has 0 aliphatic rings. The fourth-order valence-electron chi connectivity index (χ4n) is 1.09. The lowest BCUT2D eigenvalue weighted by Gasteiger charge is -1.99. The fourth-order valence-corrected chi connectivity index (χ4v) is 1.48. The monoisotopic (exact) mass is 197 g/mol. The molecular formula is C9H5Cl2N. The van der Waals surface area contributed by atoms with E-state index in [1.165, 1.54) is 0 Å². The first kappa shape index (κ1) is 7.84. The smallest absolute Gasteiger partial charge is 0.0717 e. The molecule has 0 spiro atoms. The van der Waals surface area contributed by atoms with Crippen LogP contribution in [0.3, 0.4) is 0 Å². The molecule has 0 atom stereocenters. The molecule has 1 aromatic heterocycles. The van der Waals surface area contributed by atoms with Gasteiger partial charge in [-0.2, -0.15) is 0 Å². The lowest BCUT2D eigenvalue weighted by molar-refractivity contribution is 1.41. The van der Waals surface area contributed by atoms with Crippen LogP contribution >= 0.6 is 23.2 Å². The van der Waals surface area contributed by atoms with Gasteiger partial charge in [-0.05, 0) is 24.3 Å². The lowest BCUT2D eigenvalue weighted by Crippen LogP contribution is -1.78. The highest BCUT2D eigenvalue weighted by molar-refractivity contribution is 6.45. The summed E-state index contributed by atoms with van der Waals surface area (Å²) in [7, 11) is 0. The van der Waals surface area contributed by atoms with Gasteiger partial charge in [0.2, 0.25) is 0 Å². The second-order valence-electron chi connectivity index (χ2n) is 2.43. The zero-order chi connectivity index (χ0) is 8.55. The molecule has 1 heterocycles. The minimum Gasteiger partial charge on any atom is -0.256 e. The van der Waals surface area contributed by atoms with Gasteiger partial charge in [0, 0.05) is 11.6 Å². The maximum absolute atomic E-state index is 5.95. The van der Waals surface area contributed by atoms with Crippen LogP contribution in [0.5, 0.6) is 0 Å². The quantitative estimate of drug-likeness (QED) is 0.630. The van der Waals surface area contributed by atoms with Crippen molar-refractivity contribution in [1.29, 1.82) is 0 Å². The summed E-state index contributed by atoms with van der Waals surface area (Å²) in [6.07, 6.45) is 1.73. The number of halogens is 2. The Morgan fingerprint density at radius 3 is 2.75 bits per heavy atom. The third-order valence-corrected chi connectivity index (χ3v) is 2.49. The van der Waals surface area contributed by atoms with Crippen LogP contribution in [0.1, 0.15) is 0 Å². The summed E-state index contributed by atoms with van der Waals surface area (Å²) in [6.45, 7) is 0. The van der Waals surface area contributed by atoms with Crippen LogP contribution in [0, 0.1) is 0 Å². The first-order valence-electron chi connectivity index (χ1n) is 3.48. The topological polar surface area (TPSA) is 12.9 Å². The van der Waals surface area contributed by atoms with Crippen LogP contribution in [0.4, 0.5) is 0 Å². The number of fused-ring (bicyclic) bond motifs is 1. The second-order valence-corrected chi connectivity index (χ2v) is 3.22. The Labute approximate surface area is 79.9 Å². The zero-order valence-electron chi connectivity index (χ0n) is 6.09. The molecule has 60 valence electrons. The van der Waals surface area contributed by atoms with Crippen LogP contribution in [0.15, 0.2) is 30.5 Å². The summed E-state index contributed by atoms with van der Waals surface area (Å²) >= 11 is 11.8. The summed E-state index contributed by atoms with van der Waals surface area (Å²) in [5, 5.41) is 2.03. The number of benzene rings is 1. The summed E-state index contributed by atoms with van der Waals surface area (Å²) in [6, 6.07) is 7.34. The first-order chi connectivity index (χ1) is 5.79. The van der Waals surface area contributed by atoms with E-state index in [1.54, 1.807) is 12.3 Å². The molecule has 0 fully saturated rings. The van der Waals surface area contributed by atoms with Gasteiger partial charge in [0.05, 0.1) is 15.6 Å². The Bertz CT molecular complexity index is 426. The first-order valence-corrected chi connectivity index (χ1v) is 4.23. The summed E-state index contributed by atoms with van der Waals surface area (Å²) in [5.41, 5.74) is 0.868. The minimum atomic E-state index is 0.567. The Hall–Kier alpha value is -0.790. The van der Waals surface area contributed by atoms with E-state index in [-0.39, 0.29) is 0 Å². The molecule has 0 amide bonds. The Morgan fingerprint density at radius 1 is 1.08 bits per heavy atom. The number of hydrogen-bond acceptors (Lipinski definition) is 1. The summed E-state index contributed by atoms with van der Waals surface area (Å²) in [5.74, 6) is 0. The average molecular weight is 198 g/mol. The van der Waals surface area contributed by atoms with Crippen LogP contribution < -0.4 is 0 Å². The number of hydrogen-bond donors (Lipinski definition) is 0. The highest BCUT2D eigenvalue weighted by Crippen LogP contribution is 2.29. The highest BCUT2D eigenvalue weighted by Gasteiger charge is 2.02. The third kappa shape index (κ3) is 1.15. The molecule has 1 nitrogen and oxygen atoms in total. The van der Waals surface area contributed by atoms with E-state index in [1.807, 2.05) is 18.2 Å². The van der Waals surface area contributed by atoms with Crippen LogP contribution in [0.2, 0.25) is 10.0 Å². The Balaban J connectivity index is 2.91. The van der Waals surface area contributed by atoms with Gasteiger partial charge in [-0.3, -0.25) is 4.98 Å². The fraction of sp³-hybridized carbons (Fsp3) is 0. The van der Waals surface area contributed by atoms with Gasteiger partial charge in [0.25, 0.3) is 0 Å². The number of rotatable bonds is 0. The molecule has 12 heavy (non-hydrogen) atoms. The van der Waals surface area contributed by atoms with E-state index in [4.69, 9.17) is 23.2 Å². The predicted octanol–water partition coefficient (Wildman–Crippen LogP) is 3.54. The van der Waals surface area contributed by atoms with Crippen molar-refractivity contribution >= 4 is 34.1 Å². The largest absolute Gasteiger partial charge is 0.256 e. The van der Waals surface area contributed by atoms with Crippen LogP contribution in [0.25, 0.3) is 10.9 Å². The van der Waals surface area contributed by atoms with E-state index < -0.39 is 0 Å². The van der Waals surface area contributed by atoms with Gasteiger partial charge in [-0.1, -0.05) is 23.2 Å². The predicted molar refractivity (Wildman–Crippen MR) is 51.8 cm³/mol. The van der Waals surface area contributed by atoms with E-state index >= 15 is 0 Å². The van der Waals surface area contributed by atoms with Crippen molar-refractivity contribution in [2.45, 2.75) is 0 Å². The second kappa shape index (κ2) is 2.92. The molecule has 0 aliphatic carbocycles. The van der Waals surface area contributed by atoms with E-state index in [2.05, 4.69) is 4.98 Å². The van der Waals surface area contributed by atoms with Crippen molar-refractivity contribution in [2.24, 2.45) is 0 Å². The summed E-state index contributed by atoms with van der Waals surface area (Å²) < 4.78 is 0. The van der Waals surface area contributed by atoms with Crippen molar-refractivity contribution in [3.63, 3.8) is 0 Å². The lowest BCUT2D eigenvalue weighted by atomic mass is 10.2. The van der Waals surface area contributed by atoms with Crippen molar-refractivity contribution in [3.8, 4) is 0 Å². The van der Waals surface area contributed by atoms with Crippen molar-refractivity contribution in [2.75, 3.05) is 0 Å². The van der Waals surface area contributed by atoms with Gasteiger partial charge >= 0.3 is 0 Å². The highest BCUT2D eigenvalue weighted by atomic mass is 35.5. The van der Waals surface area contributed by atoms with E-state index in [0.717, 1.165) is 10.9 Å². The van der Waals surface area contributed by atoms with Crippen molar-refractivity contribution in [3.05, 3.63) is 40.5 Å². The van der Waals surface area contributed by atoms with Gasteiger partial charge in [0.15, 0.2) is 0 Å². The zero-order valence-corrected chi connectivity index (χ0v) is 7.60. The van der Waals surface area contributed by atoms with Crippen LogP contribution in [-0.4, -0.2) is 4.98 Å². The number of nitrogens with zero attached hydrogens (tertiary/aromatic N) is 1. The molecule has 3 heteroatoms. The standard InChI is InChI=1S/C9H5Cl2N/c10-7-3-4-8-6(9(7)11)2-1-5-12-8/h1-5H.